The van der Waals surface area contributed by atoms with Crippen molar-refractivity contribution in [3.05, 3.63) is 29.8 Å². The summed E-state index contributed by atoms with van der Waals surface area (Å²) in [6.45, 7) is 7.85. The summed E-state index contributed by atoms with van der Waals surface area (Å²) in [5.74, 6) is 0.913. The lowest BCUT2D eigenvalue weighted by atomic mass is 10.0. The molecule has 18 heavy (non-hydrogen) atoms. The van der Waals surface area contributed by atoms with Crippen LogP contribution in [0.4, 0.5) is 5.69 Å². The molecule has 1 aromatic rings. The number of anilines is 1. The lowest BCUT2D eigenvalue weighted by Crippen LogP contribution is -2.34. The SMILES string of the molecule is CC(N)Cc1ccccc1N(CC1CC1)C(C)C. The van der Waals surface area contributed by atoms with Gasteiger partial charge in [0.2, 0.25) is 0 Å². The molecule has 0 saturated heterocycles. The minimum atomic E-state index is 0.223. The van der Waals surface area contributed by atoms with E-state index in [0.29, 0.717) is 6.04 Å². The van der Waals surface area contributed by atoms with Crippen molar-refractivity contribution in [3.63, 3.8) is 0 Å². The van der Waals surface area contributed by atoms with Gasteiger partial charge in [-0.3, -0.25) is 0 Å². The number of para-hydroxylation sites is 1. The lowest BCUT2D eigenvalue weighted by Gasteiger charge is -2.31. The highest BCUT2D eigenvalue weighted by molar-refractivity contribution is 5.54. The Labute approximate surface area is 111 Å². The summed E-state index contributed by atoms with van der Waals surface area (Å²) in [5.41, 5.74) is 8.74. The van der Waals surface area contributed by atoms with Crippen molar-refractivity contribution < 1.29 is 0 Å². The van der Waals surface area contributed by atoms with Crippen molar-refractivity contribution in [3.8, 4) is 0 Å². The maximum absolute atomic E-state index is 5.96. The molecule has 2 rings (SSSR count). The third kappa shape index (κ3) is 3.49. The van der Waals surface area contributed by atoms with E-state index in [-0.39, 0.29) is 6.04 Å². The summed E-state index contributed by atoms with van der Waals surface area (Å²) in [4.78, 5) is 2.55. The van der Waals surface area contributed by atoms with Gasteiger partial charge in [0, 0.05) is 24.3 Å². The van der Waals surface area contributed by atoms with E-state index in [1.807, 2.05) is 0 Å². The van der Waals surface area contributed by atoms with Crippen LogP contribution in [0.5, 0.6) is 0 Å². The second-order valence-electron chi connectivity index (χ2n) is 6.00. The van der Waals surface area contributed by atoms with Crippen LogP contribution in [0.25, 0.3) is 0 Å². The van der Waals surface area contributed by atoms with Gasteiger partial charge in [-0.25, -0.2) is 0 Å². The maximum Gasteiger partial charge on any atom is 0.0401 e. The molecule has 0 amide bonds. The largest absolute Gasteiger partial charge is 0.369 e. The van der Waals surface area contributed by atoms with Crippen molar-refractivity contribution >= 4 is 5.69 Å². The maximum atomic E-state index is 5.96. The van der Waals surface area contributed by atoms with Gasteiger partial charge in [0.1, 0.15) is 0 Å². The van der Waals surface area contributed by atoms with Gasteiger partial charge in [-0.2, -0.15) is 0 Å². The second-order valence-corrected chi connectivity index (χ2v) is 6.00. The van der Waals surface area contributed by atoms with Crippen molar-refractivity contribution in [2.45, 2.75) is 52.1 Å². The number of hydrogen-bond donors (Lipinski definition) is 1. The molecule has 1 aliphatic carbocycles. The molecule has 2 N–H and O–H groups in total. The Balaban J connectivity index is 2.21. The Bertz CT molecular complexity index is 380. The van der Waals surface area contributed by atoms with Gasteiger partial charge in [-0.05, 0) is 57.6 Å². The molecule has 0 aliphatic heterocycles. The standard InChI is InChI=1S/C16H26N2/c1-12(2)18(11-14-8-9-14)16-7-5-4-6-15(16)10-13(3)17/h4-7,12-14H,8-11,17H2,1-3H3. The predicted octanol–water partition coefficient (Wildman–Crippen LogP) is 3.20. The summed E-state index contributed by atoms with van der Waals surface area (Å²) < 4.78 is 0. The van der Waals surface area contributed by atoms with E-state index in [2.05, 4.69) is 49.9 Å². The van der Waals surface area contributed by atoms with Gasteiger partial charge in [-0.1, -0.05) is 18.2 Å². The zero-order chi connectivity index (χ0) is 13.1. The van der Waals surface area contributed by atoms with Crippen molar-refractivity contribution in [2.75, 3.05) is 11.4 Å². The Kier molecular flexibility index (Phi) is 4.28. The van der Waals surface area contributed by atoms with Gasteiger partial charge in [-0.15, -0.1) is 0 Å². The number of benzene rings is 1. The van der Waals surface area contributed by atoms with E-state index < -0.39 is 0 Å². The first-order valence-electron chi connectivity index (χ1n) is 7.18. The molecule has 0 radical (unpaired) electrons. The van der Waals surface area contributed by atoms with Gasteiger partial charge in [0.15, 0.2) is 0 Å². The van der Waals surface area contributed by atoms with E-state index in [1.54, 1.807) is 0 Å². The van der Waals surface area contributed by atoms with Crippen LogP contribution >= 0.6 is 0 Å². The number of rotatable bonds is 6. The third-order valence-corrected chi connectivity index (χ3v) is 3.62. The molecule has 1 atom stereocenters. The molecule has 2 heteroatoms. The molecule has 100 valence electrons. The molecule has 2 nitrogen and oxygen atoms in total. The van der Waals surface area contributed by atoms with Crippen LogP contribution in [-0.4, -0.2) is 18.6 Å². The van der Waals surface area contributed by atoms with Gasteiger partial charge >= 0.3 is 0 Å². The molecule has 1 saturated carbocycles. The second kappa shape index (κ2) is 5.75. The molecule has 0 spiro atoms. The smallest absolute Gasteiger partial charge is 0.0401 e. The molecule has 1 aliphatic rings. The molecule has 0 bridgehead atoms. The van der Waals surface area contributed by atoms with Gasteiger partial charge < -0.3 is 10.6 Å². The average molecular weight is 246 g/mol. The minimum Gasteiger partial charge on any atom is -0.369 e. The van der Waals surface area contributed by atoms with E-state index in [9.17, 15) is 0 Å². The van der Waals surface area contributed by atoms with Gasteiger partial charge in [0.05, 0.1) is 0 Å². The summed E-state index contributed by atoms with van der Waals surface area (Å²) in [7, 11) is 0. The highest BCUT2D eigenvalue weighted by Gasteiger charge is 2.26. The summed E-state index contributed by atoms with van der Waals surface area (Å²) in [6.07, 6.45) is 3.77. The fourth-order valence-electron chi connectivity index (χ4n) is 2.48. The zero-order valence-electron chi connectivity index (χ0n) is 11.9. The molecular weight excluding hydrogens is 220 g/mol. The van der Waals surface area contributed by atoms with E-state index in [4.69, 9.17) is 5.73 Å². The Hall–Kier alpha value is -1.02. The van der Waals surface area contributed by atoms with Crippen molar-refractivity contribution in [1.82, 2.24) is 0 Å². The Morgan fingerprint density at radius 1 is 1.22 bits per heavy atom. The highest BCUT2D eigenvalue weighted by Crippen LogP contribution is 2.33. The number of hydrogen-bond acceptors (Lipinski definition) is 2. The topological polar surface area (TPSA) is 29.3 Å². The molecular formula is C16H26N2. The summed E-state index contributed by atoms with van der Waals surface area (Å²) >= 11 is 0. The molecule has 0 aromatic heterocycles. The summed E-state index contributed by atoms with van der Waals surface area (Å²) in [5, 5.41) is 0. The van der Waals surface area contributed by atoms with Crippen LogP contribution in [0.3, 0.4) is 0 Å². The molecule has 1 unspecified atom stereocenters. The first-order chi connectivity index (χ1) is 8.58. The molecule has 1 aromatic carbocycles. The Morgan fingerprint density at radius 3 is 2.44 bits per heavy atom. The predicted molar refractivity (Wildman–Crippen MR) is 79.0 cm³/mol. The van der Waals surface area contributed by atoms with Crippen LogP contribution in [0, 0.1) is 5.92 Å². The fraction of sp³-hybridized carbons (Fsp3) is 0.625. The molecule has 1 fully saturated rings. The number of nitrogens with zero attached hydrogens (tertiary/aromatic N) is 1. The molecule has 0 heterocycles. The quantitative estimate of drug-likeness (QED) is 0.835. The van der Waals surface area contributed by atoms with E-state index >= 15 is 0 Å². The van der Waals surface area contributed by atoms with Crippen LogP contribution in [0.1, 0.15) is 39.2 Å². The fourth-order valence-corrected chi connectivity index (χ4v) is 2.48. The van der Waals surface area contributed by atoms with Crippen LogP contribution in [-0.2, 0) is 6.42 Å². The monoisotopic (exact) mass is 246 g/mol. The van der Waals surface area contributed by atoms with Gasteiger partial charge in [0.25, 0.3) is 0 Å². The minimum absolute atomic E-state index is 0.223. The first-order valence-corrected chi connectivity index (χ1v) is 7.18. The normalized spacial score (nSPS) is 16.9. The lowest BCUT2D eigenvalue weighted by molar-refractivity contribution is 0.637. The van der Waals surface area contributed by atoms with E-state index in [1.165, 1.54) is 30.6 Å². The first kappa shape index (κ1) is 13.4. The third-order valence-electron chi connectivity index (χ3n) is 3.62. The average Bonchev–Trinajstić information content (AvgIpc) is 3.10. The van der Waals surface area contributed by atoms with Crippen molar-refractivity contribution in [1.29, 1.82) is 0 Å². The highest BCUT2D eigenvalue weighted by atomic mass is 15.2. The number of nitrogens with two attached hydrogens (primary N) is 1. The summed E-state index contributed by atoms with van der Waals surface area (Å²) in [6, 6.07) is 9.51. The van der Waals surface area contributed by atoms with Crippen LogP contribution in [0.15, 0.2) is 24.3 Å². The van der Waals surface area contributed by atoms with Crippen LogP contribution in [0.2, 0.25) is 0 Å². The zero-order valence-corrected chi connectivity index (χ0v) is 11.9. The Morgan fingerprint density at radius 2 is 1.89 bits per heavy atom. The van der Waals surface area contributed by atoms with Crippen molar-refractivity contribution in [2.24, 2.45) is 11.7 Å². The van der Waals surface area contributed by atoms with Crippen LogP contribution < -0.4 is 10.6 Å². The van der Waals surface area contributed by atoms with E-state index in [0.717, 1.165) is 12.3 Å².